The van der Waals surface area contributed by atoms with E-state index in [1.165, 1.54) is 6.33 Å². The first-order valence-electron chi connectivity index (χ1n) is 12.3. The summed E-state index contributed by atoms with van der Waals surface area (Å²) in [6.07, 6.45) is 3.47. The highest BCUT2D eigenvalue weighted by Gasteiger charge is 2.36. The Morgan fingerprint density at radius 3 is 2.81 bits per heavy atom. The molecule has 3 heterocycles. The summed E-state index contributed by atoms with van der Waals surface area (Å²) in [6.45, 7) is 6.50. The molecule has 2 N–H and O–H groups in total. The van der Waals surface area contributed by atoms with E-state index in [0.717, 1.165) is 28.0 Å². The molecule has 37 heavy (non-hydrogen) atoms. The number of likely N-dealkylation sites (tertiary alicyclic amines) is 1. The van der Waals surface area contributed by atoms with Gasteiger partial charge < -0.3 is 24.7 Å². The van der Waals surface area contributed by atoms with E-state index in [1.807, 2.05) is 50.2 Å². The molecular formula is C27H29ClN6O3. The van der Waals surface area contributed by atoms with Crippen LogP contribution in [0.2, 0.25) is 5.02 Å². The molecule has 1 fully saturated rings. The van der Waals surface area contributed by atoms with Gasteiger partial charge in [0.1, 0.15) is 24.2 Å². The van der Waals surface area contributed by atoms with Crippen LogP contribution in [0, 0.1) is 6.92 Å². The number of hydrogen-bond acceptors (Lipinski definition) is 7. The number of imidazole rings is 1. The Hall–Kier alpha value is -3.85. The number of anilines is 1. The SMILES string of the molecule is CCOc1c(CCNc2ncnc3[nH]cnc23)cc(Cl)c(C)c1C1CN(C(=O)OCc2ccccc2)C1. The molecule has 0 radical (unpaired) electrons. The van der Waals surface area contributed by atoms with Crippen LogP contribution < -0.4 is 10.1 Å². The van der Waals surface area contributed by atoms with Gasteiger partial charge in [0.05, 0.1) is 12.9 Å². The van der Waals surface area contributed by atoms with Crippen LogP contribution in [0.5, 0.6) is 5.75 Å². The fourth-order valence-electron chi connectivity index (χ4n) is 4.62. The summed E-state index contributed by atoms with van der Waals surface area (Å²) in [6, 6.07) is 11.6. The number of nitrogens with one attached hydrogen (secondary N) is 2. The first kappa shape index (κ1) is 24.8. The zero-order valence-corrected chi connectivity index (χ0v) is 21.6. The molecular weight excluding hydrogens is 492 g/mol. The first-order valence-corrected chi connectivity index (χ1v) is 12.7. The second-order valence-corrected chi connectivity index (χ2v) is 9.37. The van der Waals surface area contributed by atoms with E-state index in [0.29, 0.717) is 54.7 Å². The molecule has 5 rings (SSSR count). The number of halogens is 1. The number of fused-ring (bicyclic) bond motifs is 1. The minimum absolute atomic E-state index is 0.127. The molecule has 1 saturated heterocycles. The average molecular weight is 521 g/mol. The van der Waals surface area contributed by atoms with Gasteiger partial charge in [-0.25, -0.2) is 19.7 Å². The fraction of sp³-hybridized carbons (Fsp3) is 0.333. The molecule has 4 aromatic rings. The lowest BCUT2D eigenvalue weighted by Gasteiger charge is -2.40. The molecule has 192 valence electrons. The fourth-order valence-corrected chi connectivity index (χ4v) is 4.85. The van der Waals surface area contributed by atoms with E-state index >= 15 is 0 Å². The van der Waals surface area contributed by atoms with Gasteiger partial charge in [-0.1, -0.05) is 41.9 Å². The van der Waals surface area contributed by atoms with Gasteiger partial charge in [-0.05, 0) is 43.0 Å². The number of hydrogen-bond donors (Lipinski definition) is 2. The third-order valence-electron chi connectivity index (χ3n) is 6.55. The van der Waals surface area contributed by atoms with Crippen molar-refractivity contribution in [3.05, 3.63) is 76.3 Å². The number of aromatic amines is 1. The van der Waals surface area contributed by atoms with Crippen molar-refractivity contribution in [1.29, 1.82) is 0 Å². The molecule has 1 amide bonds. The van der Waals surface area contributed by atoms with Gasteiger partial charge in [0.25, 0.3) is 0 Å². The summed E-state index contributed by atoms with van der Waals surface area (Å²) in [5.74, 6) is 1.65. The Kier molecular flexibility index (Phi) is 7.41. The van der Waals surface area contributed by atoms with Crippen LogP contribution in [0.4, 0.5) is 10.6 Å². The number of carbonyl (C=O) groups is 1. The third-order valence-corrected chi connectivity index (χ3v) is 6.94. The Labute approximate surface area is 220 Å². The predicted octanol–water partition coefficient (Wildman–Crippen LogP) is 5.10. The minimum Gasteiger partial charge on any atom is -0.493 e. The Balaban J connectivity index is 1.27. The third kappa shape index (κ3) is 5.32. The maximum absolute atomic E-state index is 12.6. The van der Waals surface area contributed by atoms with E-state index in [9.17, 15) is 4.79 Å². The van der Waals surface area contributed by atoms with Crippen LogP contribution in [-0.2, 0) is 17.8 Å². The average Bonchev–Trinajstić information content (AvgIpc) is 3.37. The monoisotopic (exact) mass is 520 g/mol. The molecule has 9 nitrogen and oxygen atoms in total. The summed E-state index contributed by atoms with van der Waals surface area (Å²) in [5.41, 5.74) is 5.41. The van der Waals surface area contributed by atoms with Crippen molar-refractivity contribution in [2.45, 2.75) is 32.8 Å². The second kappa shape index (κ2) is 11.0. The van der Waals surface area contributed by atoms with Crippen LogP contribution in [0.3, 0.4) is 0 Å². The Morgan fingerprint density at radius 2 is 2.03 bits per heavy atom. The molecule has 0 aliphatic carbocycles. The molecule has 0 atom stereocenters. The van der Waals surface area contributed by atoms with Crippen LogP contribution in [0.25, 0.3) is 11.2 Å². The lowest BCUT2D eigenvalue weighted by molar-refractivity contribution is 0.0657. The number of H-pyrrole nitrogens is 1. The van der Waals surface area contributed by atoms with Gasteiger partial charge in [0.2, 0.25) is 0 Å². The molecule has 1 aliphatic heterocycles. The van der Waals surface area contributed by atoms with E-state index in [2.05, 4.69) is 25.3 Å². The smallest absolute Gasteiger partial charge is 0.410 e. The largest absolute Gasteiger partial charge is 0.493 e. The predicted molar refractivity (Wildman–Crippen MR) is 142 cm³/mol. The maximum atomic E-state index is 12.6. The number of benzene rings is 2. The van der Waals surface area contributed by atoms with Crippen molar-refractivity contribution in [3.63, 3.8) is 0 Å². The standard InChI is InChI=1S/C27H29ClN6O3/c1-3-36-24-19(9-10-29-25-23-26(31-15-30-23)33-16-32-25)11-21(28)17(2)22(24)20-12-34(13-20)27(35)37-14-18-7-5-4-6-8-18/h4-8,11,15-16,20H,3,9-10,12-14H2,1-2H3,(H2,29,30,31,32,33). The number of rotatable bonds is 9. The number of aromatic nitrogens is 4. The quantitative estimate of drug-likeness (QED) is 0.316. The molecule has 0 saturated carbocycles. The van der Waals surface area contributed by atoms with Crippen LogP contribution >= 0.6 is 11.6 Å². The van der Waals surface area contributed by atoms with E-state index in [4.69, 9.17) is 21.1 Å². The van der Waals surface area contributed by atoms with Gasteiger partial charge in [0, 0.05) is 36.1 Å². The highest BCUT2D eigenvalue weighted by atomic mass is 35.5. The molecule has 1 aliphatic rings. The van der Waals surface area contributed by atoms with Gasteiger partial charge in [-0.15, -0.1) is 0 Å². The topological polar surface area (TPSA) is 105 Å². The van der Waals surface area contributed by atoms with Crippen molar-refractivity contribution < 1.29 is 14.3 Å². The molecule has 2 aromatic carbocycles. The number of carbonyl (C=O) groups excluding carboxylic acids is 1. The summed E-state index contributed by atoms with van der Waals surface area (Å²) in [5, 5.41) is 4.04. The van der Waals surface area contributed by atoms with Crippen LogP contribution in [0.1, 0.15) is 35.1 Å². The van der Waals surface area contributed by atoms with Crippen LogP contribution in [0.15, 0.2) is 49.1 Å². The maximum Gasteiger partial charge on any atom is 0.410 e. The molecule has 10 heteroatoms. The van der Waals surface area contributed by atoms with Gasteiger partial charge in [-0.2, -0.15) is 0 Å². The number of amides is 1. The highest BCUT2D eigenvalue weighted by molar-refractivity contribution is 6.31. The summed E-state index contributed by atoms with van der Waals surface area (Å²) in [7, 11) is 0. The van der Waals surface area contributed by atoms with Gasteiger partial charge >= 0.3 is 6.09 Å². The lowest BCUT2D eigenvalue weighted by Crippen LogP contribution is -2.49. The van der Waals surface area contributed by atoms with Gasteiger partial charge in [0.15, 0.2) is 11.5 Å². The second-order valence-electron chi connectivity index (χ2n) is 8.96. The molecule has 2 aromatic heterocycles. The molecule has 0 spiro atoms. The van der Waals surface area contributed by atoms with E-state index < -0.39 is 0 Å². The summed E-state index contributed by atoms with van der Waals surface area (Å²) < 4.78 is 11.7. The zero-order chi connectivity index (χ0) is 25.8. The molecule has 0 bridgehead atoms. The van der Waals surface area contributed by atoms with Gasteiger partial charge in [-0.3, -0.25) is 0 Å². The summed E-state index contributed by atoms with van der Waals surface area (Å²) in [4.78, 5) is 30.1. The van der Waals surface area contributed by atoms with Crippen molar-refractivity contribution in [2.24, 2.45) is 0 Å². The van der Waals surface area contributed by atoms with Crippen molar-refractivity contribution in [1.82, 2.24) is 24.8 Å². The lowest BCUT2D eigenvalue weighted by atomic mass is 9.86. The van der Waals surface area contributed by atoms with Crippen molar-refractivity contribution in [3.8, 4) is 5.75 Å². The first-order chi connectivity index (χ1) is 18.0. The number of ether oxygens (including phenoxy) is 2. The number of nitrogens with zero attached hydrogens (tertiary/aromatic N) is 4. The van der Waals surface area contributed by atoms with Crippen LogP contribution in [-0.4, -0.2) is 57.2 Å². The van der Waals surface area contributed by atoms with E-state index in [-0.39, 0.29) is 18.6 Å². The zero-order valence-electron chi connectivity index (χ0n) is 20.8. The Bertz CT molecular complexity index is 1390. The van der Waals surface area contributed by atoms with Crippen molar-refractivity contribution >= 4 is 34.7 Å². The highest BCUT2D eigenvalue weighted by Crippen LogP contribution is 2.41. The minimum atomic E-state index is -0.309. The van der Waals surface area contributed by atoms with Crippen molar-refractivity contribution in [2.75, 3.05) is 31.6 Å². The molecule has 0 unspecified atom stereocenters. The normalized spacial score (nSPS) is 13.4. The van der Waals surface area contributed by atoms with E-state index in [1.54, 1.807) is 11.2 Å². The summed E-state index contributed by atoms with van der Waals surface area (Å²) >= 11 is 6.68. The Morgan fingerprint density at radius 1 is 1.22 bits per heavy atom.